The lowest BCUT2D eigenvalue weighted by Crippen LogP contribution is -2.43. The molecule has 102 valence electrons. The monoisotopic (exact) mass is 278 g/mol. The van der Waals surface area contributed by atoms with Gasteiger partial charge in [-0.25, -0.2) is 9.37 Å². The van der Waals surface area contributed by atoms with Crippen LogP contribution in [0.5, 0.6) is 0 Å². The van der Waals surface area contributed by atoms with Crippen molar-refractivity contribution in [2.45, 2.75) is 38.0 Å². The average Bonchev–Trinajstić information content (AvgIpc) is 2.83. The maximum absolute atomic E-state index is 13.3. The quantitative estimate of drug-likeness (QED) is 0.922. The van der Waals surface area contributed by atoms with E-state index in [1.165, 1.54) is 23.9 Å². The molecule has 0 spiro atoms. The number of nitrogens with zero attached hydrogens (tertiary/aromatic N) is 1. The number of rotatable bonds is 3. The van der Waals surface area contributed by atoms with Gasteiger partial charge in [0.1, 0.15) is 10.8 Å². The number of thiazole rings is 1. The first-order chi connectivity index (χ1) is 9.23. The molecule has 1 fully saturated rings. The van der Waals surface area contributed by atoms with Crippen molar-refractivity contribution in [3.05, 3.63) is 29.0 Å². The molecule has 4 heteroatoms. The molecule has 1 aliphatic heterocycles. The predicted octanol–water partition coefficient (Wildman–Crippen LogP) is 3.86. The molecule has 1 atom stereocenters. The van der Waals surface area contributed by atoms with Crippen molar-refractivity contribution in [3.63, 3.8) is 0 Å². The summed E-state index contributed by atoms with van der Waals surface area (Å²) in [4.78, 5) is 4.73. The van der Waals surface area contributed by atoms with Crippen LogP contribution < -0.4 is 5.32 Å². The number of halogens is 1. The van der Waals surface area contributed by atoms with Gasteiger partial charge in [-0.1, -0.05) is 13.3 Å². The molecule has 0 amide bonds. The molecule has 1 aromatic heterocycles. The van der Waals surface area contributed by atoms with Crippen molar-refractivity contribution < 1.29 is 4.39 Å². The molecule has 1 N–H and O–H groups in total. The minimum absolute atomic E-state index is 0.160. The molecule has 1 aliphatic rings. The van der Waals surface area contributed by atoms with Crippen molar-refractivity contribution >= 4 is 21.6 Å². The van der Waals surface area contributed by atoms with Crippen LogP contribution >= 0.6 is 11.3 Å². The van der Waals surface area contributed by atoms with Crippen molar-refractivity contribution in [1.29, 1.82) is 0 Å². The summed E-state index contributed by atoms with van der Waals surface area (Å²) in [6.45, 7) is 4.33. The summed E-state index contributed by atoms with van der Waals surface area (Å²) < 4.78 is 14.4. The lowest BCUT2D eigenvalue weighted by Gasteiger charge is -2.35. The summed E-state index contributed by atoms with van der Waals surface area (Å²) in [6, 6.07) is 4.92. The van der Waals surface area contributed by atoms with Crippen LogP contribution in [-0.4, -0.2) is 18.1 Å². The minimum atomic E-state index is -0.198. The summed E-state index contributed by atoms with van der Waals surface area (Å²) in [6.07, 6.45) is 4.70. The van der Waals surface area contributed by atoms with Crippen molar-refractivity contribution in [3.8, 4) is 0 Å². The predicted molar refractivity (Wildman–Crippen MR) is 78.3 cm³/mol. The van der Waals surface area contributed by atoms with Gasteiger partial charge in [-0.3, -0.25) is 0 Å². The smallest absolute Gasteiger partial charge is 0.125 e. The SMILES string of the molecule is CCCC1(c2nc3cc(F)ccc3s2)CCCNC1. The van der Waals surface area contributed by atoms with E-state index in [1.54, 1.807) is 17.4 Å². The van der Waals surface area contributed by atoms with Crippen LogP contribution in [0, 0.1) is 5.82 Å². The fraction of sp³-hybridized carbons (Fsp3) is 0.533. The number of benzene rings is 1. The zero-order valence-electron chi connectivity index (χ0n) is 11.2. The molecular weight excluding hydrogens is 259 g/mol. The molecule has 3 rings (SSSR count). The Labute approximate surface area is 117 Å². The van der Waals surface area contributed by atoms with E-state index in [0.717, 1.165) is 36.1 Å². The summed E-state index contributed by atoms with van der Waals surface area (Å²) in [5.74, 6) is -0.198. The molecule has 2 aromatic rings. The number of fused-ring (bicyclic) bond motifs is 1. The van der Waals surface area contributed by atoms with Gasteiger partial charge in [0.25, 0.3) is 0 Å². The Morgan fingerprint density at radius 3 is 3.11 bits per heavy atom. The molecular formula is C15H19FN2S. The maximum Gasteiger partial charge on any atom is 0.125 e. The van der Waals surface area contributed by atoms with Gasteiger partial charge in [-0.2, -0.15) is 0 Å². The van der Waals surface area contributed by atoms with Gasteiger partial charge in [0.05, 0.1) is 10.2 Å². The van der Waals surface area contributed by atoms with Crippen LogP contribution in [0.4, 0.5) is 4.39 Å². The van der Waals surface area contributed by atoms with Gasteiger partial charge in [0.15, 0.2) is 0 Å². The maximum atomic E-state index is 13.3. The molecule has 2 heterocycles. The molecule has 19 heavy (non-hydrogen) atoms. The fourth-order valence-electron chi connectivity index (χ4n) is 3.08. The van der Waals surface area contributed by atoms with Gasteiger partial charge in [-0.15, -0.1) is 11.3 Å². The zero-order chi connectivity index (χ0) is 13.3. The van der Waals surface area contributed by atoms with E-state index in [2.05, 4.69) is 12.2 Å². The van der Waals surface area contributed by atoms with Gasteiger partial charge in [-0.05, 0) is 37.9 Å². The summed E-state index contributed by atoms with van der Waals surface area (Å²) in [5, 5.41) is 4.69. The molecule has 0 saturated carbocycles. The first-order valence-electron chi connectivity index (χ1n) is 7.01. The van der Waals surface area contributed by atoms with Gasteiger partial charge >= 0.3 is 0 Å². The minimum Gasteiger partial charge on any atom is -0.316 e. The van der Waals surface area contributed by atoms with E-state index in [9.17, 15) is 4.39 Å². The third-order valence-electron chi connectivity index (χ3n) is 4.00. The third-order valence-corrected chi connectivity index (χ3v) is 5.29. The highest BCUT2D eigenvalue weighted by Crippen LogP contribution is 2.39. The Morgan fingerprint density at radius 2 is 2.37 bits per heavy atom. The third kappa shape index (κ3) is 2.39. The second kappa shape index (κ2) is 5.17. The first kappa shape index (κ1) is 13.0. The highest BCUT2D eigenvalue weighted by atomic mass is 32.1. The van der Waals surface area contributed by atoms with Crippen LogP contribution in [0.2, 0.25) is 0 Å². The summed E-state index contributed by atoms with van der Waals surface area (Å²) >= 11 is 1.73. The van der Waals surface area contributed by atoms with Crippen molar-refractivity contribution in [1.82, 2.24) is 10.3 Å². The normalized spacial score (nSPS) is 23.9. The fourth-order valence-corrected chi connectivity index (χ4v) is 4.27. The van der Waals surface area contributed by atoms with Crippen LogP contribution in [0.15, 0.2) is 18.2 Å². The lowest BCUT2D eigenvalue weighted by molar-refractivity contribution is 0.290. The Kier molecular flexibility index (Phi) is 3.54. The van der Waals surface area contributed by atoms with E-state index in [-0.39, 0.29) is 11.2 Å². The van der Waals surface area contributed by atoms with Gasteiger partial charge in [0, 0.05) is 18.0 Å². The highest BCUT2D eigenvalue weighted by molar-refractivity contribution is 7.18. The Hall–Kier alpha value is -1.00. The van der Waals surface area contributed by atoms with E-state index in [4.69, 9.17) is 4.98 Å². The molecule has 1 aromatic carbocycles. The molecule has 0 aliphatic carbocycles. The number of aromatic nitrogens is 1. The van der Waals surface area contributed by atoms with E-state index < -0.39 is 0 Å². The number of nitrogens with one attached hydrogen (secondary N) is 1. The zero-order valence-corrected chi connectivity index (χ0v) is 12.0. The van der Waals surface area contributed by atoms with E-state index >= 15 is 0 Å². The van der Waals surface area contributed by atoms with Crippen LogP contribution in [0.1, 0.15) is 37.6 Å². The lowest BCUT2D eigenvalue weighted by atomic mass is 9.77. The average molecular weight is 278 g/mol. The molecule has 1 saturated heterocycles. The molecule has 0 bridgehead atoms. The largest absolute Gasteiger partial charge is 0.316 e. The first-order valence-corrected chi connectivity index (χ1v) is 7.82. The van der Waals surface area contributed by atoms with Crippen molar-refractivity contribution in [2.75, 3.05) is 13.1 Å². The van der Waals surface area contributed by atoms with Crippen molar-refractivity contribution in [2.24, 2.45) is 0 Å². The molecule has 2 nitrogen and oxygen atoms in total. The standard InChI is InChI=1S/C15H19FN2S/c1-2-6-15(7-3-8-17-10-15)14-18-12-9-11(16)4-5-13(12)19-14/h4-5,9,17H,2-3,6-8,10H2,1H3. The van der Waals surface area contributed by atoms with Crippen LogP contribution in [-0.2, 0) is 5.41 Å². The second-order valence-electron chi connectivity index (χ2n) is 5.44. The molecule has 0 radical (unpaired) electrons. The number of hydrogen-bond donors (Lipinski definition) is 1. The van der Waals surface area contributed by atoms with E-state index in [1.807, 2.05) is 6.07 Å². The second-order valence-corrected chi connectivity index (χ2v) is 6.47. The Balaban J connectivity index is 2.04. The van der Waals surface area contributed by atoms with Crippen LogP contribution in [0.25, 0.3) is 10.2 Å². The summed E-state index contributed by atoms with van der Waals surface area (Å²) in [5.41, 5.74) is 0.966. The number of piperidine rings is 1. The molecule has 1 unspecified atom stereocenters. The Bertz CT molecular complexity index is 567. The summed E-state index contributed by atoms with van der Waals surface area (Å²) in [7, 11) is 0. The highest BCUT2D eigenvalue weighted by Gasteiger charge is 2.35. The van der Waals surface area contributed by atoms with Gasteiger partial charge in [0.2, 0.25) is 0 Å². The van der Waals surface area contributed by atoms with E-state index in [0.29, 0.717) is 0 Å². The van der Waals surface area contributed by atoms with Gasteiger partial charge < -0.3 is 5.32 Å². The Morgan fingerprint density at radius 1 is 1.47 bits per heavy atom. The topological polar surface area (TPSA) is 24.9 Å². The number of hydrogen-bond acceptors (Lipinski definition) is 3. The van der Waals surface area contributed by atoms with Crippen LogP contribution in [0.3, 0.4) is 0 Å².